The molecule has 2 saturated heterocycles. The summed E-state index contributed by atoms with van der Waals surface area (Å²) in [4.78, 5) is 146. The number of hydrogen-bond acceptors (Lipinski definition) is 24. The number of imide groups is 1. The van der Waals surface area contributed by atoms with Gasteiger partial charge in [0.1, 0.15) is 37.1 Å². The zero-order valence-electron chi connectivity index (χ0n) is 60.9. The number of alkyl carbamates (subject to hydrolysis) is 1. The molecule has 0 bridgehead atoms. The Kier molecular flexibility index (Phi) is 31.7. The van der Waals surface area contributed by atoms with Gasteiger partial charge in [0.25, 0.3) is 0 Å². The van der Waals surface area contributed by atoms with Gasteiger partial charge in [-0.25, -0.2) is 18.4 Å². The lowest BCUT2D eigenvalue weighted by Crippen LogP contribution is -2.71. The van der Waals surface area contributed by atoms with Crippen molar-refractivity contribution in [2.24, 2.45) is 46.2 Å². The molecule has 1 aromatic rings. The van der Waals surface area contributed by atoms with E-state index in [-0.39, 0.29) is 153 Å². The van der Waals surface area contributed by atoms with Crippen LogP contribution >= 0.6 is 0 Å². The van der Waals surface area contributed by atoms with Crippen LogP contribution in [0.2, 0.25) is 0 Å². The number of primary amides is 1. The molecule has 18 atom stereocenters. The number of fused-ring (bicyclic) bond motifs is 7. The van der Waals surface area contributed by atoms with E-state index in [2.05, 4.69) is 31.9 Å². The Morgan fingerprint density at radius 1 is 0.802 bits per heavy atom. The minimum Gasteiger partial charge on any atom is -0.445 e. The van der Waals surface area contributed by atoms with Crippen LogP contribution in [0.25, 0.3) is 0 Å². The Morgan fingerprint density at radius 2 is 1.45 bits per heavy atom. The number of amides is 9. The number of likely N-dealkylation sites (tertiary alicyclic amines) is 1. The molecule has 7 rings (SSSR count). The lowest BCUT2D eigenvalue weighted by molar-refractivity contribution is -0.233. The van der Waals surface area contributed by atoms with Crippen molar-refractivity contribution in [3.8, 4) is 0 Å². The largest absolute Gasteiger partial charge is 0.445 e. The standard InChI is InChI=1S/C72H106F2N8O24/c1-7-9-60-105-56-34-46-47-33-49(73)48-32-45(84)17-19-69(48,5)71(47,74)54(88)35-70(46,6)72(56,106-60)55(89)37-78-68(99)104-39-42-11-13-44(14-12-42)79-64(95)43(10-8-20-76-67(75)98)31-51(85)61(40(2)3)81-65(96)50(15-16-57(90)77-36-52(86)62(93)63(94)53(87)38-83)80-58(91)18-22-100-24-26-102-28-29-103-27-25-101-23-21-82-59(92)30-41(4)66(82)97/h11-14,17,19,32,40-41,43,46-47,49-50,52-54,56,60-63,83,86-88,93-94H,7-10,15-16,18,20-31,33-39H2,1-6H3,(H,77,90)(H,78,99)(H,79,95)(H,80,91)(H,81,96)(H3,75,76,98)/t41?,43-,46+,47+,49+,50-,52+,53-,54+,56-,60?,61+,62-,63-,69+,70+,71+,72-/m1/s1. The summed E-state index contributed by atoms with van der Waals surface area (Å²) in [6.45, 7) is 8.83. The topological polar surface area (TPSA) is 475 Å². The van der Waals surface area contributed by atoms with Crippen LogP contribution < -0.4 is 37.6 Å². The second kappa shape index (κ2) is 39.1. The van der Waals surface area contributed by atoms with E-state index in [1.807, 2.05) is 6.92 Å². The summed E-state index contributed by atoms with van der Waals surface area (Å²) < 4.78 is 74.6. The summed E-state index contributed by atoms with van der Waals surface area (Å²) in [6.07, 6.45) is -10.9. The van der Waals surface area contributed by atoms with Gasteiger partial charge in [-0.1, -0.05) is 59.2 Å². The molecular weight excluding hydrogens is 1400 g/mol. The predicted octanol–water partition coefficient (Wildman–Crippen LogP) is 0.463. The Balaban J connectivity index is 0.914. The van der Waals surface area contributed by atoms with E-state index in [4.69, 9.17) is 44.0 Å². The highest BCUT2D eigenvalue weighted by Gasteiger charge is 2.80. The summed E-state index contributed by atoms with van der Waals surface area (Å²) in [5, 5.41) is 76.7. The number of nitrogens with zero attached hydrogens (tertiary/aromatic N) is 1. The van der Waals surface area contributed by atoms with Crippen molar-refractivity contribution >= 4 is 70.6 Å². The second-order valence-electron chi connectivity index (χ2n) is 28.8. The third-order valence-corrected chi connectivity index (χ3v) is 21.2. The van der Waals surface area contributed by atoms with Crippen LogP contribution in [-0.2, 0) is 82.9 Å². The van der Waals surface area contributed by atoms with Crippen molar-refractivity contribution in [1.82, 2.24) is 31.5 Å². The van der Waals surface area contributed by atoms with Crippen LogP contribution in [-0.4, -0.2) is 259 Å². The molecule has 0 aromatic heterocycles. The molecular formula is C72H106F2N8O24. The third kappa shape index (κ3) is 20.9. The number of ketones is 3. The molecule has 2 aliphatic heterocycles. The van der Waals surface area contributed by atoms with E-state index >= 15 is 8.78 Å². The average molecular weight is 1510 g/mol. The first kappa shape index (κ1) is 85.9. The number of aliphatic hydroxyl groups excluding tert-OH is 6. The second-order valence-corrected chi connectivity index (χ2v) is 28.8. The quantitative estimate of drug-likeness (QED) is 0.0312. The molecule has 2 unspecified atom stereocenters. The number of nitrogens with two attached hydrogens (primary N) is 1. The maximum atomic E-state index is 18.0. The minimum absolute atomic E-state index is 0.0243. The molecule has 6 aliphatic rings. The molecule has 0 radical (unpaired) electrons. The lowest BCUT2D eigenvalue weighted by atomic mass is 9.44. The van der Waals surface area contributed by atoms with Crippen LogP contribution in [0.5, 0.6) is 0 Å². The number of halogens is 2. The number of carbonyl (C=O) groups is 11. The summed E-state index contributed by atoms with van der Waals surface area (Å²) in [5.41, 5.74) is -1.24. The molecule has 1 aromatic carbocycles. The number of nitrogens with one attached hydrogen (secondary N) is 6. The van der Waals surface area contributed by atoms with Gasteiger partial charge in [-0.2, -0.15) is 0 Å². The fourth-order valence-corrected chi connectivity index (χ4v) is 15.4. The number of rotatable bonds is 44. The fraction of sp³-hybridized carbons (Fsp3) is 0.708. The Bertz CT molecular complexity index is 3320. The molecule has 0 spiro atoms. The molecule has 4 aliphatic carbocycles. The Labute approximate surface area is 613 Å². The highest BCUT2D eigenvalue weighted by Crippen LogP contribution is 2.72. The molecule has 9 amide bonds. The van der Waals surface area contributed by atoms with Crippen molar-refractivity contribution in [1.29, 1.82) is 0 Å². The smallest absolute Gasteiger partial charge is 0.407 e. The molecule has 592 valence electrons. The number of Topliss-reactive ketones (excluding diaryl/α,β-unsaturated/α-hetero) is 2. The Morgan fingerprint density at radius 3 is 2.08 bits per heavy atom. The number of benzene rings is 1. The summed E-state index contributed by atoms with van der Waals surface area (Å²) >= 11 is 0. The van der Waals surface area contributed by atoms with Crippen molar-refractivity contribution in [2.45, 2.75) is 198 Å². The number of hydrogen-bond donors (Lipinski definition) is 13. The highest BCUT2D eigenvalue weighted by molar-refractivity contribution is 6.03. The third-order valence-electron chi connectivity index (χ3n) is 21.2. The van der Waals surface area contributed by atoms with Gasteiger partial charge >= 0.3 is 12.1 Å². The Hall–Kier alpha value is -7.35. The first-order valence-electron chi connectivity index (χ1n) is 36.3. The molecule has 3 saturated carbocycles. The van der Waals surface area contributed by atoms with Gasteiger partial charge in [-0.15, -0.1) is 0 Å². The van der Waals surface area contributed by atoms with Gasteiger partial charge in [0.2, 0.25) is 35.4 Å². The fourth-order valence-electron chi connectivity index (χ4n) is 15.4. The number of ether oxygens (including phenoxy) is 7. The SMILES string of the molecule is CCCC1O[C@@H]2C[C@H]3[C@@H]4C[C@H](F)C5=CC(=O)C=C[C@]5(C)[C@@]4(F)[C@@H](O)C[C@]3(C)[C@]2(C(=O)CNC(=O)OCc2ccc(NC(=O)[C@H](CCCNC(N)=O)CC(=O)[C@@H](NC(=O)[C@@H](CCC(=O)NC[C@H](O)[C@@H](O)[C@H](O)[C@H](O)CO)NC(=O)CCOCCOCCOCCOCCN3C(=O)CC(C)C3=O)C(C)C)cc2)O1. The van der Waals surface area contributed by atoms with Crippen molar-refractivity contribution < 1.29 is 125 Å². The van der Waals surface area contributed by atoms with E-state index in [9.17, 15) is 78.3 Å². The number of carbonyl (C=O) groups excluding carboxylic acids is 11. The van der Waals surface area contributed by atoms with Crippen LogP contribution in [0, 0.1) is 40.4 Å². The normalized spacial score (nSPS) is 27.8. The zero-order valence-corrected chi connectivity index (χ0v) is 60.9. The average Bonchev–Trinajstić information content (AvgIpc) is 1.42. The molecule has 2 heterocycles. The van der Waals surface area contributed by atoms with E-state index < -0.39 is 193 Å². The monoisotopic (exact) mass is 1500 g/mol. The van der Waals surface area contributed by atoms with Gasteiger partial charge < -0.3 is 101 Å². The summed E-state index contributed by atoms with van der Waals surface area (Å²) in [5.74, 6) is -9.07. The van der Waals surface area contributed by atoms with E-state index in [0.29, 0.717) is 18.4 Å². The highest BCUT2D eigenvalue weighted by atomic mass is 19.1. The number of anilines is 1. The number of urea groups is 1. The van der Waals surface area contributed by atoms with E-state index in [1.54, 1.807) is 27.7 Å². The number of aliphatic hydroxyl groups is 6. The van der Waals surface area contributed by atoms with E-state index in [1.165, 1.54) is 48.2 Å². The molecule has 106 heavy (non-hydrogen) atoms. The number of allylic oxidation sites excluding steroid dienone is 4. The van der Waals surface area contributed by atoms with Crippen LogP contribution in [0.3, 0.4) is 0 Å². The van der Waals surface area contributed by atoms with Gasteiger partial charge in [0.15, 0.2) is 34.9 Å². The zero-order chi connectivity index (χ0) is 77.8. The predicted molar refractivity (Wildman–Crippen MR) is 370 cm³/mol. The first-order chi connectivity index (χ1) is 50.3. The molecule has 14 N–H and O–H groups in total. The van der Waals surface area contributed by atoms with Crippen LogP contribution in [0.4, 0.5) is 24.1 Å². The first-order valence-corrected chi connectivity index (χ1v) is 36.3. The minimum atomic E-state index is -2.42. The molecule has 34 heteroatoms. The maximum Gasteiger partial charge on any atom is 0.407 e. The van der Waals surface area contributed by atoms with Crippen LogP contribution in [0.15, 0.2) is 48.1 Å². The lowest BCUT2D eigenvalue weighted by Gasteiger charge is -2.63. The van der Waals surface area contributed by atoms with Crippen molar-refractivity contribution in [3.05, 3.63) is 53.6 Å². The van der Waals surface area contributed by atoms with Gasteiger partial charge in [0.05, 0.1) is 96.9 Å². The molecule has 32 nitrogen and oxygen atoms in total. The van der Waals surface area contributed by atoms with Crippen molar-refractivity contribution in [3.63, 3.8) is 0 Å². The van der Waals surface area contributed by atoms with Crippen molar-refractivity contribution in [2.75, 3.05) is 91.0 Å². The maximum absolute atomic E-state index is 18.0. The van der Waals surface area contributed by atoms with Crippen LogP contribution in [0.1, 0.15) is 124 Å². The summed E-state index contributed by atoms with van der Waals surface area (Å²) in [7, 11) is 0. The van der Waals surface area contributed by atoms with Gasteiger partial charge in [-0.05, 0) is 99.1 Å². The summed E-state index contributed by atoms with van der Waals surface area (Å²) in [6, 6.07) is 2.48. The number of alkyl halides is 2. The van der Waals surface area contributed by atoms with Gasteiger partial charge in [0, 0.05) is 73.0 Å². The molecule has 5 fully saturated rings. The van der Waals surface area contributed by atoms with E-state index in [0.717, 1.165) is 6.08 Å². The van der Waals surface area contributed by atoms with Gasteiger partial charge in [-0.3, -0.25) is 48.1 Å².